The second kappa shape index (κ2) is 9.58. The average Bonchev–Trinajstić information content (AvgIpc) is 2.99. The van der Waals surface area contributed by atoms with Gasteiger partial charge in [0.15, 0.2) is 5.13 Å². The van der Waals surface area contributed by atoms with Gasteiger partial charge in [0.1, 0.15) is 0 Å². The molecule has 1 N–H and O–H groups in total. The summed E-state index contributed by atoms with van der Waals surface area (Å²) in [4.78, 5) is 16.6. The SMILES string of the molecule is CCCCCCCCC(=O)Nc1nc(-c2ccc(C)cc2C)cs1. The number of nitrogens with one attached hydrogen (secondary N) is 1. The Kier molecular flexibility index (Phi) is 7.44. The number of hydrogen-bond acceptors (Lipinski definition) is 3. The Morgan fingerprint density at radius 1 is 1.12 bits per heavy atom. The lowest BCUT2D eigenvalue weighted by Crippen LogP contribution is -2.10. The average molecular weight is 345 g/mol. The third kappa shape index (κ3) is 5.75. The van der Waals surface area contributed by atoms with Crippen molar-refractivity contribution in [1.82, 2.24) is 4.98 Å². The maximum absolute atomic E-state index is 12.0. The second-order valence-electron chi connectivity index (χ2n) is 6.42. The van der Waals surface area contributed by atoms with Gasteiger partial charge < -0.3 is 5.32 Å². The third-order valence-electron chi connectivity index (χ3n) is 4.17. The molecule has 3 nitrogen and oxygen atoms in total. The maximum Gasteiger partial charge on any atom is 0.226 e. The molecule has 4 heteroatoms. The van der Waals surface area contributed by atoms with Crippen molar-refractivity contribution >= 4 is 22.4 Å². The van der Waals surface area contributed by atoms with E-state index in [0.717, 1.165) is 24.1 Å². The fraction of sp³-hybridized carbons (Fsp3) is 0.500. The van der Waals surface area contributed by atoms with Crippen molar-refractivity contribution < 1.29 is 4.79 Å². The lowest BCUT2D eigenvalue weighted by molar-refractivity contribution is -0.116. The van der Waals surface area contributed by atoms with Crippen molar-refractivity contribution in [2.45, 2.75) is 65.7 Å². The van der Waals surface area contributed by atoms with Crippen molar-refractivity contribution in [2.75, 3.05) is 5.32 Å². The summed E-state index contributed by atoms with van der Waals surface area (Å²) in [6.45, 7) is 6.40. The van der Waals surface area contributed by atoms with E-state index in [2.05, 4.69) is 49.3 Å². The van der Waals surface area contributed by atoms with Crippen LogP contribution in [0.2, 0.25) is 0 Å². The van der Waals surface area contributed by atoms with E-state index in [1.807, 2.05) is 5.38 Å². The number of carbonyl (C=O) groups excluding carboxylic acids is 1. The monoisotopic (exact) mass is 344 g/mol. The lowest BCUT2D eigenvalue weighted by Gasteiger charge is -2.04. The number of thiazole rings is 1. The molecular formula is C20H28N2OS. The second-order valence-corrected chi connectivity index (χ2v) is 7.28. The summed E-state index contributed by atoms with van der Waals surface area (Å²) in [5, 5.41) is 5.64. The number of benzene rings is 1. The fourth-order valence-electron chi connectivity index (χ4n) is 2.80. The zero-order chi connectivity index (χ0) is 17.4. The molecule has 2 rings (SSSR count). The molecule has 0 aliphatic heterocycles. The molecular weight excluding hydrogens is 316 g/mol. The van der Waals surface area contributed by atoms with E-state index in [-0.39, 0.29) is 5.91 Å². The molecule has 130 valence electrons. The van der Waals surface area contributed by atoms with Gasteiger partial charge >= 0.3 is 0 Å². The molecule has 0 saturated carbocycles. The highest BCUT2D eigenvalue weighted by Gasteiger charge is 2.09. The maximum atomic E-state index is 12.0. The molecule has 0 aliphatic rings. The topological polar surface area (TPSA) is 42.0 Å². The minimum absolute atomic E-state index is 0.0759. The van der Waals surface area contributed by atoms with E-state index in [1.165, 1.54) is 48.1 Å². The Labute approximate surface area is 149 Å². The summed E-state index contributed by atoms with van der Waals surface area (Å²) >= 11 is 1.49. The molecule has 0 unspecified atom stereocenters. The summed E-state index contributed by atoms with van der Waals surface area (Å²) in [5.41, 5.74) is 4.53. The number of nitrogens with zero attached hydrogens (tertiary/aromatic N) is 1. The summed E-state index contributed by atoms with van der Waals surface area (Å²) in [5.74, 6) is 0.0759. The van der Waals surface area contributed by atoms with Crippen molar-refractivity contribution in [3.63, 3.8) is 0 Å². The van der Waals surface area contributed by atoms with Crippen LogP contribution in [0, 0.1) is 13.8 Å². The zero-order valence-corrected chi connectivity index (χ0v) is 15.8. The number of carbonyl (C=O) groups is 1. The van der Waals surface area contributed by atoms with Gasteiger partial charge in [-0.05, 0) is 25.8 Å². The van der Waals surface area contributed by atoms with Gasteiger partial charge in [0.2, 0.25) is 5.91 Å². The molecule has 0 atom stereocenters. The Morgan fingerprint density at radius 2 is 1.88 bits per heavy atom. The van der Waals surface area contributed by atoms with E-state index < -0.39 is 0 Å². The Balaban J connectivity index is 1.82. The van der Waals surface area contributed by atoms with Gasteiger partial charge in [-0.25, -0.2) is 4.98 Å². The van der Waals surface area contributed by atoms with Crippen LogP contribution >= 0.6 is 11.3 Å². The highest BCUT2D eigenvalue weighted by atomic mass is 32.1. The van der Waals surface area contributed by atoms with Crippen LogP contribution < -0.4 is 5.32 Å². The van der Waals surface area contributed by atoms with Gasteiger partial charge in [-0.3, -0.25) is 4.79 Å². The number of hydrogen-bond donors (Lipinski definition) is 1. The highest BCUT2D eigenvalue weighted by molar-refractivity contribution is 7.14. The normalized spacial score (nSPS) is 10.8. The lowest BCUT2D eigenvalue weighted by atomic mass is 10.0. The minimum atomic E-state index is 0.0759. The number of amides is 1. The first kappa shape index (κ1) is 18.7. The molecule has 0 aliphatic carbocycles. The molecule has 1 amide bonds. The van der Waals surface area contributed by atoms with Crippen LogP contribution in [0.15, 0.2) is 23.6 Å². The molecule has 0 bridgehead atoms. The highest BCUT2D eigenvalue weighted by Crippen LogP contribution is 2.28. The van der Waals surface area contributed by atoms with Crippen LogP contribution in [0.1, 0.15) is 63.0 Å². The quantitative estimate of drug-likeness (QED) is 0.557. The summed E-state index contributed by atoms with van der Waals surface area (Å²) < 4.78 is 0. The largest absolute Gasteiger partial charge is 0.302 e. The predicted molar refractivity (Wildman–Crippen MR) is 104 cm³/mol. The third-order valence-corrected chi connectivity index (χ3v) is 4.92. The van der Waals surface area contributed by atoms with E-state index in [4.69, 9.17) is 0 Å². The van der Waals surface area contributed by atoms with E-state index in [0.29, 0.717) is 11.6 Å². The molecule has 1 heterocycles. The van der Waals surface area contributed by atoms with Gasteiger partial charge in [0, 0.05) is 17.4 Å². The van der Waals surface area contributed by atoms with Crippen LogP contribution in [0.3, 0.4) is 0 Å². The fourth-order valence-corrected chi connectivity index (χ4v) is 3.53. The summed E-state index contributed by atoms with van der Waals surface area (Å²) in [7, 11) is 0. The molecule has 0 saturated heterocycles. The number of rotatable bonds is 9. The number of aromatic nitrogens is 1. The first-order valence-corrected chi connectivity index (χ1v) is 9.81. The Morgan fingerprint density at radius 3 is 2.62 bits per heavy atom. The van der Waals surface area contributed by atoms with Crippen LogP contribution in [-0.4, -0.2) is 10.9 Å². The number of aryl methyl sites for hydroxylation is 2. The molecule has 1 aromatic heterocycles. The molecule has 24 heavy (non-hydrogen) atoms. The standard InChI is InChI=1S/C20H28N2OS/c1-4-5-6-7-8-9-10-19(23)22-20-21-18(14-24-20)17-12-11-15(2)13-16(17)3/h11-14H,4-10H2,1-3H3,(H,21,22,23). The van der Waals surface area contributed by atoms with Crippen LogP contribution in [-0.2, 0) is 4.79 Å². The zero-order valence-electron chi connectivity index (χ0n) is 15.0. The van der Waals surface area contributed by atoms with Crippen LogP contribution in [0.4, 0.5) is 5.13 Å². The number of unbranched alkanes of at least 4 members (excludes halogenated alkanes) is 5. The van der Waals surface area contributed by atoms with Crippen LogP contribution in [0.25, 0.3) is 11.3 Å². The smallest absolute Gasteiger partial charge is 0.226 e. The van der Waals surface area contributed by atoms with E-state index >= 15 is 0 Å². The van der Waals surface area contributed by atoms with Gasteiger partial charge in [0.25, 0.3) is 0 Å². The minimum Gasteiger partial charge on any atom is -0.302 e. The Hall–Kier alpha value is -1.68. The molecule has 0 fully saturated rings. The first-order chi connectivity index (χ1) is 11.6. The van der Waals surface area contributed by atoms with Crippen molar-refractivity contribution in [3.8, 4) is 11.3 Å². The predicted octanol–water partition coefficient (Wildman–Crippen LogP) is 6.12. The molecule has 0 spiro atoms. The van der Waals surface area contributed by atoms with E-state index in [1.54, 1.807) is 0 Å². The number of anilines is 1. The molecule has 1 aromatic carbocycles. The first-order valence-electron chi connectivity index (χ1n) is 8.93. The Bertz CT molecular complexity index is 663. The van der Waals surface area contributed by atoms with Crippen molar-refractivity contribution in [1.29, 1.82) is 0 Å². The van der Waals surface area contributed by atoms with Crippen molar-refractivity contribution in [2.24, 2.45) is 0 Å². The molecule has 0 radical (unpaired) electrons. The summed E-state index contributed by atoms with van der Waals surface area (Å²) in [6.07, 6.45) is 7.76. The van der Waals surface area contributed by atoms with Crippen molar-refractivity contribution in [3.05, 3.63) is 34.7 Å². The molecule has 2 aromatic rings. The van der Waals surface area contributed by atoms with Gasteiger partial charge in [-0.1, -0.05) is 62.8 Å². The van der Waals surface area contributed by atoms with Gasteiger partial charge in [-0.15, -0.1) is 11.3 Å². The van der Waals surface area contributed by atoms with E-state index in [9.17, 15) is 4.79 Å². The van der Waals surface area contributed by atoms with Gasteiger partial charge in [-0.2, -0.15) is 0 Å². The summed E-state index contributed by atoms with van der Waals surface area (Å²) in [6, 6.07) is 6.35. The van der Waals surface area contributed by atoms with Crippen LogP contribution in [0.5, 0.6) is 0 Å². The van der Waals surface area contributed by atoms with Gasteiger partial charge in [0.05, 0.1) is 5.69 Å².